The fraction of sp³-hybridized carbons (Fsp3) is 0.909. The third-order valence-electron chi connectivity index (χ3n) is 2.46. The molecule has 0 spiro atoms. The van der Waals surface area contributed by atoms with Gasteiger partial charge in [0, 0.05) is 18.5 Å². The summed E-state index contributed by atoms with van der Waals surface area (Å²) in [5.41, 5.74) is 5.53. The largest absolute Gasteiger partial charge is 0.391 e. The van der Waals surface area contributed by atoms with Gasteiger partial charge in [-0.1, -0.05) is 20.8 Å². The van der Waals surface area contributed by atoms with E-state index >= 15 is 0 Å². The molecule has 0 saturated heterocycles. The molecule has 0 aromatic rings. The third kappa shape index (κ3) is 8.01. The van der Waals surface area contributed by atoms with Gasteiger partial charge in [0.25, 0.3) is 0 Å². The highest BCUT2D eigenvalue weighted by molar-refractivity contribution is 5.76. The monoisotopic (exact) mass is 254 g/mol. The Kier molecular flexibility index (Phi) is 5.45. The van der Waals surface area contributed by atoms with E-state index in [9.17, 15) is 18.0 Å². The first-order chi connectivity index (χ1) is 7.42. The van der Waals surface area contributed by atoms with Crippen molar-refractivity contribution in [1.82, 2.24) is 5.32 Å². The molecule has 0 aromatic heterocycles. The molecule has 0 aliphatic rings. The first-order valence-corrected chi connectivity index (χ1v) is 5.53. The van der Waals surface area contributed by atoms with Crippen LogP contribution in [0.3, 0.4) is 0 Å². The topological polar surface area (TPSA) is 55.1 Å². The van der Waals surface area contributed by atoms with Crippen molar-refractivity contribution in [2.75, 3.05) is 0 Å². The molecule has 0 aromatic carbocycles. The summed E-state index contributed by atoms with van der Waals surface area (Å²) in [6.07, 6.45) is -5.26. The molecule has 0 rings (SSSR count). The van der Waals surface area contributed by atoms with Gasteiger partial charge in [0.05, 0.1) is 6.42 Å². The normalized spacial score (nSPS) is 16.5. The summed E-state index contributed by atoms with van der Waals surface area (Å²) < 4.78 is 36.1. The van der Waals surface area contributed by atoms with Crippen LogP contribution in [0.5, 0.6) is 0 Å². The summed E-state index contributed by atoms with van der Waals surface area (Å²) in [5.74, 6) is -0.441. The van der Waals surface area contributed by atoms with Gasteiger partial charge in [-0.25, -0.2) is 0 Å². The number of rotatable bonds is 4. The zero-order chi connectivity index (χ0) is 13.9. The number of carbonyl (C=O) groups excluding carboxylic acids is 1. The molecule has 3 N–H and O–H groups in total. The summed E-state index contributed by atoms with van der Waals surface area (Å²) in [5, 5.41) is 2.30. The van der Waals surface area contributed by atoms with Crippen LogP contribution in [0.25, 0.3) is 0 Å². The van der Waals surface area contributed by atoms with Crippen molar-refractivity contribution in [3.8, 4) is 0 Å². The molecule has 3 nitrogen and oxygen atoms in total. The zero-order valence-electron chi connectivity index (χ0n) is 10.7. The summed E-state index contributed by atoms with van der Waals surface area (Å²) >= 11 is 0. The zero-order valence-corrected chi connectivity index (χ0v) is 10.7. The molecule has 102 valence electrons. The second-order valence-corrected chi connectivity index (χ2v) is 5.46. The van der Waals surface area contributed by atoms with Crippen LogP contribution < -0.4 is 11.1 Å². The molecule has 6 heteroatoms. The Morgan fingerprint density at radius 1 is 1.29 bits per heavy atom. The number of alkyl halides is 3. The van der Waals surface area contributed by atoms with Gasteiger partial charge < -0.3 is 11.1 Å². The van der Waals surface area contributed by atoms with Gasteiger partial charge in [0.15, 0.2) is 0 Å². The maximum Gasteiger partial charge on any atom is 0.391 e. The molecule has 0 bridgehead atoms. The quantitative estimate of drug-likeness (QED) is 0.808. The first-order valence-electron chi connectivity index (χ1n) is 5.53. The SMILES string of the molecule is CC(CC(F)(F)F)NC(=O)CC(N)C(C)(C)C. The smallest absolute Gasteiger partial charge is 0.353 e. The summed E-state index contributed by atoms with van der Waals surface area (Å²) in [6.45, 7) is 6.96. The van der Waals surface area contributed by atoms with E-state index < -0.39 is 24.5 Å². The number of hydrogen-bond donors (Lipinski definition) is 2. The molecule has 1 amide bonds. The van der Waals surface area contributed by atoms with Crippen LogP contribution in [0.1, 0.15) is 40.5 Å². The molecule has 2 atom stereocenters. The van der Waals surface area contributed by atoms with Crippen molar-refractivity contribution in [2.45, 2.75) is 58.8 Å². The van der Waals surface area contributed by atoms with Gasteiger partial charge in [-0.15, -0.1) is 0 Å². The lowest BCUT2D eigenvalue weighted by atomic mass is 9.85. The van der Waals surface area contributed by atoms with Gasteiger partial charge in [-0.05, 0) is 12.3 Å². The van der Waals surface area contributed by atoms with E-state index in [1.165, 1.54) is 6.92 Å². The summed E-state index contributed by atoms with van der Waals surface area (Å²) in [4.78, 5) is 11.4. The highest BCUT2D eigenvalue weighted by Crippen LogP contribution is 2.22. The van der Waals surface area contributed by atoms with E-state index in [4.69, 9.17) is 5.73 Å². The predicted molar refractivity (Wildman–Crippen MR) is 60.3 cm³/mol. The number of carbonyl (C=O) groups is 1. The number of amides is 1. The summed E-state index contributed by atoms with van der Waals surface area (Å²) in [7, 11) is 0. The van der Waals surface area contributed by atoms with Crippen LogP contribution in [0.4, 0.5) is 13.2 Å². The van der Waals surface area contributed by atoms with Crippen LogP contribution in [-0.2, 0) is 4.79 Å². The Balaban J connectivity index is 4.11. The van der Waals surface area contributed by atoms with E-state index in [-0.39, 0.29) is 17.9 Å². The highest BCUT2D eigenvalue weighted by atomic mass is 19.4. The molecule has 0 aliphatic carbocycles. The average Bonchev–Trinajstić information content (AvgIpc) is 1.96. The van der Waals surface area contributed by atoms with Crippen molar-refractivity contribution in [3.63, 3.8) is 0 Å². The Morgan fingerprint density at radius 2 is 1.76 bits per heavy atom. The Bertz CT molecular complexity index is 258. The van der Waals surface area contributed by atoms with Crippen LogP contribution in [0.15, 0.2) is 0 Å². The number of nitrogens with two attached hydrogens (primary N) is 1. The Hall–Kier alpha value is -0.780. The lowest BCUT2D eigenvalue weighted by Crippen LogP contribution is -2.43. The molecule has 0 aliphatic heterocycles. The molecule has 0 saturated carbocycles. The predicted octanol–water partition coefficient (Wildman–Crippen LogP) is 2.21. The maximum absolute atomic E-state index is 12.0. The first kappa shape index (κ1) is 16.2. The van der Waals surface area contributed by atoms with Crippen molar-refractivity contribution in [2.24, 2.45) is 11.1 Å². The molecule has 0 heterocycles. The van der Waals surface area contributed by atoms with Crippen molar-refractivity contribution >= 4 is 5.91 Å². The number of hydrogen-bond acceptors (Lipinski definition) is 2. The maximum atomic E-state index is 12.0. The number of nitrogens with one attached hydrogen (secondary N) is 1. The fourth-order valence-electron chi connectivity index (χ4n) is 1.24. The number of halogens is 3. The van der Waals surface area contributed by atoms with E-state index in [1.54, 1.807) is 0 Å². The Morgan fingerprint density at radius 3 is 2.12 bits per heavy atom. The van der Waals surface area contributed by atoms with Crippen LogP contribution in [0, 0.1) is 5.41 Å². The van der Waals surface area contributed by atoms with E-state index in [0.717, 1.165) is 0 Å². The van der Waals surface area contributed by atoms with Crippen molar-refractivity contribution in [1.29, 1.82) is 0 Å². The van der Waals surface area contributed by atoms with Gasteiger partial charge >= 0.3 is 6.18 Å². The van der Waals surface area contributed by atoms with E-state index in [2.05, 4.69) is 5.32 Å². The minimum absolute atomic E-state index is 0.0334. The lowest BCUT2D eigenvalue weighted by Gasteiger charge is -2.27. The van der Waals surface area contributed by atoms with Crippen LogP contribution >= 0.6 is 0 Å². The minimum atomic E-state index is -4.27. The van der Waals surface area contributed by atoms with Gasteiger partial charge in [0.2, 0.25) is 5.91 Å². The van der Waals surface area contributed by atoms with Crippen LogP contribution in [-0.4, -0.2) is 24.2 Å². The third-order valence-corrected chi connectivity index (χ3v) is 2.46. The van der Waals surface area contributed by atoms with Gasteiger partial charge in [-0.2, -0.15) is 13.2 Å². The van der Waals surface area contributed by atoms with Crippen molar-refractivity contribution in [3.05, 3.63) is 0 Å². The molecule has 2 unspecified atom stereocenters. The molecular weight excluding hydrogens is 233 g/mol. The second kappa shape index (κ2) is 5.71. The average molecular weight is 254 g/mol. The minimum Gasteiger partial charge on any atom is -0.353 e. The van der Waals surface area contributed by atoms with E-state index in [0.29, 0.717) is 0 Å². The molecule has 0 fully saturated rings. The van der Waals surface area contributed by atoms with Crippen molar-refractivity contribution < 1.29 is 18.0 Å². The van der Waals surface area contributed by atoms with Gasteiger partial charge in [-0.3, -0.25) is 4.79 Å². The molecule has 0 radical (unpaired) electrons. The fourth-order valence-corrected chi connectivity index (χ4v) is 1.24. The second-order valence-electron chi connectivity index (χ2n) is 5.46. The molecule has 17 heavy (non-hydrogen) atoms. The Labute approximate surface area is 99.9 Å². The molecular formula is C11H21F3N2O. The standard InChI is InChI=1S/C11H21F3N2O/c1-7(6-11(12,13)14)16-9(17)5-8(15)10(2,3)4/h7-8H,5-6,15H2,1-4H3,(H,16,17). The highest BCUT2D eigenvalue weighted by Gasteiger charge is 2.31. The van der Waals surface area contributed by atoms with Gasteiger partial charge in [0.1, 0.15) is 0 Å². The lowest BCUT2D eigenvalue weighted by molar-refractivity contribution is -0.141. The van der Waals surface area contributed by atoms with Crippen LogP contribution in [0.2, 0.25) is 0 Å². The van der Waals surface area contributed by atoms with E-state index in [1.807, 2.05) is 20.8 Å². The summed E-state index contributed by atoms with van der Waals surface area (Å²) in [6, 6.07) is -1.30.